The minimum atomic E-state index is -0.459. The summed E-state index contributed by atoms with van der Waals surface area (Å²) in [7, 11) is 0. The molecule has 2 fully saturated rings. The molecule has 3 rings (SSSR count). The van der Waals surface area contributed by atoms with Crippen LogP contribution in [0.4, 0.5) is 8.78 Å². The van der Waals surface area contributed by atoms with E-state index in [0.29, 0.717) is 31.4 Å². The normalized spacial score (nSPS) is 19.9. The third-order valence-electron chi connectivity index (χ3n) is 3.12. The van der Waals surface area contributed by atoms with Crippen molar-refractivity contribution in [3.05, 3.63) is 29.3 Å². The molecule has 0 unspecified atom stereocenters. The van der Waals surface area contributed by atoms with E-state index in [4.69, 9.17) is 4.74 Å². The minimum absolute atomic E-state index is 0.124. The number of rotatable bonds is 5. The van der Waals surface area contributed by atoms with E-state index in [0.717, 1.165) is 0 Å². The molecule has 1 aromatic carbocycles. The summed E-state index contributed by atoms with van der Waals surface area (Å²) in [6, 6.07) is 3.40. The van der Waals surface area contributed by atoms with Crippen molar-refractivity contribution in [3.8, 4) is 0 Å². The quantitative estimate of drug-likeness (QED) is 0.889. The van der Waals surface area contributed by atoms with Crippen LogP contribution in [0.25, 0.3) is 0 Å². The minimum Gasteiger partial charge on any atom is -0.379 e. The summed E-state index contributed by atoms with van der Waals surface area (Å²) in [5.74, 6) is -0.918. The van der Waals surface area contributed by atoms with Gasteiger partial charge in [-0.3, -0.25) is 0 Å². The molecule has 5 heteroatoms. The van der Waals surface area contributed by atoms with Crippen molar-refractivity contribution in [2.75, 3.05) is 13.2 Å². The zero-order chi connectivity index (χ0) is 12.5. The summed E-state index contributed by atoms with van der Waals surface area (Å²) in [5.41, 5.74) is 0.672. The standard InChI is InChI=1S/C13H15F2NOS/c14-11-3-8(5-16-9-1-2-9)4-12(15)13(11)18-10-6-17-7-10/h3-4,9-10,16H,1-2,5-7H2. The third-order valence-corrected chi connectivity index (χ3v) is 4.35. The lowest BCUT2D eigenvalue weighted by Gasteiger charge is -2.25. The van der Waals surface area contributed by atoms with Crippen molar-refractivity contribution >= 4 is 11.8 Å². The Morgan fingerprint density at radius 1 is 1.22 bits per heavy atom. The molecule has 1 aliphatic carbocycles. The maximum absolute atomic E-state index is 13.8. The first-order chi connectivity index (χ1) is 8.72. The molecule has 1 saturated carbocycles. The smallest absolute Gasteiger partial charge is 0.140 e. The molecule has 2 aliphatic rings. The Balaban J connectivity index is 1.69. The van der Waals surface area contributed by atoms with Crippen LogP contribution in [0.1, 0.15) is 18.4 Å². The Bertz CT molecular complexity index is 424. The van der Waals surface area contributed by atoms with E-state index in [1.807, 2.05) is 0 Å². The van der Waals surface area contributed by atoms with Crippen molar-refractivity contribution in [3.63, 3.8) is 0 Å². The third kappa shape index (κ3) is 2.84. The van der Waals surface area contributed by atoms with E-state index in [1.165, 1.54) is 36.7 Å². The predicted octanol–water partition coefficient (Wildman–Crippen LogP) is 2.71. The van der Waals surface area contributed by atoms with Crippen molar-refractivity contribution in [2.45, 2.75) is 35.6 Å². The maximum Gasteiger partial charge on any atom is 0.140 e. The first-order valence-corrected chi connectivity index (χ1v) is 7.06. The summed E-state index contributed by atoms with van der Waals surface area (Å²) in [6.45, 7) is 1.69. The average molecular weight is 271 g/mol. The van der Waals surface area contributed by atoms with Gasteiger partial charge in [-0.2, -0.15) is 0 Å². The molecule has 1 saturated heterocycles. The molecule has 0 amide bonds. The van der Waals surface area contributed by atoms with Crippen LogP contribution in [0.3, 0.4) is 0 Å². The van der Waals surface area contributed by atoms with E-state index in [2.05, 4.69) is 5.32 Å². The van der Waals surface area contributed by atoms with Crippen LogP contribution in [0.2, 0.25) is 0 Å². The molecule has 0 bridgehead atoms. The summed E-state index contributed by atoms with van der Waals surface area (Å²) in [4.78, 5) is 0.124. The van der Waals surface area contributed by atoms with Crippen molar-refractivity contribution in [2.24, 2.45) is 0 Å². The fourth-order valence-electron chi connectivity index (χ4n) is 1.83. The lowest BCUT2D eigenvalue weighted by Crippen LogP contribution is -2.30. The Kier molecular flexibility index (Phi) is 3.54. The van der Waals surface area contributed by atoms with Crippen molar-refractivity contribution in [1.82, 2.24) is 5.32 Å². The number of hydrogen-bond acceptors (Lipinski definition) is 3. The maximum atomic E-state index is 13.8. The summed E-state index contributed by atoms with van der Waals surface area (Å²) in [6.07, 6.45) is 2.33. The van der Waals surface area contributed by atoms with Gasteiger partial charge in [-0.05, 0) is 30.5 Å². The van der Waals surface area contributed by atoms with Gasteiger partial charge in [-0.1, -0.05) is 0 Å². The number of nitrogens with one attached hydrogen (secondary N) is 1. The molecule has 18 heavy (non-hydrogen) atoms. The number of hydrogen-bond donors (Lipinski definition) is 1. The zero-order valence-corrected chi connectivity index (χ0v) is 10.7. The summed E-state index contributed by atoms with van der Waals surface area (Å²) < 4.78 is 32.7. The van der Waals surface area contributed by atoms with Crippen LogP contribution in [0.15, 0.2) is 17.0 Å². The van der Waals surface area contributed by atoms with Crippen LogP contribution >= 0.6 is 11.8 Å². The number of thioether (sulfide) groups is 1. The topological polar surface area (TPSA) is 21.3 Å². The lowest BCUT2D eigenvalue weighted by molar-refractivity contribution is 0.0454. The van der Waals surface area contributed by atoms with Crippen LogP contribution < -0.4 is 5.32 Å². The van der Waals surface area contributed by atoms with Crippen molar-refractivity contribution in [1.29, 1.82) is 0 Å². The fraction of sp³-hybridized carbons (Fsp3) is 0.538. The molecule has 1 aromatic rings. The van der Waals surface area contributed by atoms with E-state index in [1.54, 1.807) is 0 Å². The largest absolute Gasteiger partial charge is 0.379 e. The highest BCUT2D eigenvalue weighted by atomic mass is 32.2. The van der Waals surface area contributed by atoms with Gasteiger partial charge in [0, 0.05) is 12.6 Å². The highest BCUT2D eigenvalue weighted by molar-refractivity contribution is 8.00. The van der Waals surface area contributed by atoms with Crippen LogP contribution in [-0.4, -0.2) is 24.5 Å². The molecule has 98 valence electrons. The monoisotopic (exact) mass is 271 g/mol. The highest BCUT2D eigenvalue weighted by Gasteiger charge is 2.24. The summed E-state index contributed by atoms with van der Waals surface area (Å²) >= 11 is 1.23. The number of ether oxygens (including phenoxy) is 1. The van der Waals surface area contributed by atoms with Gasteiger partial charge in [-0.15, -0.1) is 11.8 Å². The number of benzene rings is 1. The van der Waals surface area contributed by atoms with Crippen LogP contribution in [-0.2, 0) is 11.3 Å². The Labute approximate surface area is 109 Å². The van der Waals surface area contributed by atoms with Gasteiger partial charge >= 0.3 is 0 Å². The Hall–Kier alpha value is -0.650. The highest BCUT2D eigenvalue weighted by Crippen LogP contribution is 2.33. The Morgan fingerprint density at radius 3 is 2.39 bits per heavy atom. The second-order valence-electron chi connectivity index (χ2n) is 4.82. The Morgan fingerprint density at radius 2 is 1.89 bits per heavy atom. The molecule has 0 aromatic heterocycles. The van der Waals surface area contributed by atoms with Gasteiger partial charge in [0.05, 0.1) is 23.4 Å². The van der Waals surface area contributed by atoms with E-state index < -0.39 is 11.6 Å². The molecule has 0 spiro atoms. The molecular formula is C13H15F2NOS. The average Bonchev–Trinajstić information content (AvgIpc) is 3.06. The van der Waals surface area contributed by atoms with Gasteiger partial charge < -0.3 is 10.1 Å². The van der Waals surface area contributed by atoms with Gasteiger partial charge in [0.25, 0.3) is 0 Å². The predicted molar refractivity (Wildman–Crippen MR) is 66.7 cm³/mol. The SMILES string of the molecule is Fc1cc(CNC2CC2)cc(F)c1SC1COC1. The number of halogens is 2. The second kappa shape index (κ2) is 5.15. The molecule has 2 nitrogen and oxygen atoms in total. The van der Waals surface area contributed by atoms with E-state index in [-0.39, 0.29) is 10.1 Å². The van der Waals surface area contributed by atoms with Crippen LogP contribution in [0.5, 0.6) is 0 Å². The van der Waals surface area contributed by atoms with Gasteiger partial charge in [0.15, 0.2) is 0 Å². The van der Waals surface area contributed by atoms with Gasteiger partial charge in [-0.25, -0.2) is 8.78 Å². The molecule has 1 aliphatic heterocycles. The second-order valence-corrected chi connectivity index (χ2v) is 6.13. The van der Waals surface area contributed by atoms with Gasteiger partial charge in [0.1, 0.15) is 11.6 Å². The first-order valence-electron chi connectivity index (χ1n) is 6.18. The van der Waals surface area contributed by atoms with E-state index in [9.17, 15) is 8.78 Å². The van der Waals surface area contributed by atoms with Gasteiger partial charge in [0.2, 0.25) is 0 Å². The first kappa shape index (κ1) is 12.4. The molecule has 1 N–H and O–H groups in total. The summed E-state index contributed by atoms with van der Waals surface area (Å²) in [5, 5.41) is 3.43. The molecule has 1 heterocycles. The zero-order valence-electron chi connectivity index (χ0n) is 9.92. The van der Waals surface area contributed by atoms with Crippen LogP contribution in [0, 0.1) is 11.6 Å². The molecular weight excluding hydrogens is 256 g/mol. The fourth-order valence-corrected chi connectivity index (χ4v) is 2.83. The van der Waals surface area contributed by atoms with Crippen molar-refractivity contribution < 1.29 is 13.5 Å². The molecule has 0 atom stereocenters. The van der Waals surface area contributed by atoms with E-state index >= 15 is 0 Å². The lowest BCUT2D eigenvalue weighted by atomic mass is 10.2. The molecule has 0 radical (unpaired) electrons.